The van der Waals surface area contributed by atoms with Crippen LogP contribution >= 0.6 is 11.3 Å². The fraction of sp³-hybridized carbons (Fsp3) is 0.0566. The second-order valence-corrected chi connectivity index (χ2v) is 16.7. The van der Waals surface area contributed by atoms with E-state index in [9.17, 15) is 0 Å². The Hall–Kier alpha value is -6.68. The molecule has 0 amide bonds. The lowest BCUT2D eigenvalue weighted by molar-refractivity contribution is 0.487. The molecule has 0 saturated carbocycles. The summed E-state index contributed by atoms with van der Waals surface area (Å²) in [5.41, 5.74) is 13.3. The summed E-state index contributed by atoms with van der Waals surface area (Å²) < 4.78 is 9.51. The number of fused-ring (bicyclic) bond motifs is 9. The van der Waals surface area contributed by atoms with Crippen molar-refractivity contribution in [2.45, 2.75) is 19.3 Å². The second kappa shape index (κ2) is 11.7. The van der Waals surface area contributed by atoms with Crippen LogP contribution in [-0.2, 0) is 5.41 Å². The lowest BCUT2D eigenvalue weighted by Gasteiger charge is -2.30. The molecule has 56 heavy (non-hydrogen) atoms. The van der Waals surface area contributed by atoms with Gasteiger partial charge in [-0.2, -0.15) is 0 Å². The summed E-state index contributed by atoms with van der Waals surface area (Å²) in [6.45, 7) is 4.71. The summed E-state index contributed by atoms with van der Waals surface area (Å²) in [5.74, 6) is 1.75. The van der Waals surface area contributed by atoms with Gasteiger partial charge in [0.15, 0.2) is 0 Å². The number of nitrogens with zero attached hydrogens (tertiary/aromatic N) is 1. The standard InChI is InChI=1S/C53H35NOS/c1-53(2)46-19-7-5-14-39(46)40-24-21-33(29-47(40)53)54(35-23-26-43-42-15-6-8-20-50(42)56-51(43)31-35)34-22-25-41-45-18-10-17-44-38(27-28-48(52(44)45)55-49(41)30-34)37-16-9-12-32-11-3-4-13-36(32)37/h3-31H,1-2H3. The van der Waals surface area contributed by atoms with Crippen molar-refractivity contribution in [1.29, 1.82) is 0 Å². The van der Waals surface area contributed by atoms with Crippen LogP contribution in [0, 0.1) is 0 Å². The Kier molecular flexibility index (Phi) is 6.59. The van der Waals surface area contributed by atoms with E-state index >= 15 is 0 Å². The number of thiophene rings is 1. The normalized spacial score (nSPS) is 13.5. The van der Waals surface area contributed by atoms with Crippen LogP contribution in [0.5, 0.6) is 11.5 Å². The number of hydrogen-bond acceptors (Lipinski definition) is 3. The zero-order valence-corrected chi connectivity index (χ0v) is 31.8. The SMILES string of the molecule is CC1(C)c2ccccc2-c2ccc(N(c3ccc4c(c3)Oc3ccc(-c5cccc6ccccc56)c5cccc-4c35)c3ccc4c(c3)sc3ccccc34)cc21. The van der Waals surface area contributed by atoms with Crippen LogP contribution in [0.2, 0.25) is 0 Å². The van der Waals surface area contributed by atoms with Crippen molar-refractivity contribution in [3.8, 4) is 44.9 Å². The predicted octanol–water partition coefficient (Wildman–Crippen LogP) is 15.6. The molecule has 0 atom stereocenters. The molecule has 2 aliphatic rings. The van der Waals surface area contributed by atoms with Crippen molar-refractivity contribution in [3.63, 3.8) is 0 Å². The molecule has 1 aliphatic heterocycles. The van der Waals surface area contributed by atoms with Crippen LogP contribution in [0.3, 0.4) is 0 Å². The summed E-state index contributed by atoms with van der Waals surface area (Å²) in [5, 5.41) is 7.46. The van der Waals surface area contributed by atoms with Crippen molar-refractivity contribution >= 4 is 70.1 Å². The summed E-state index contributed by atoms with van der Waals surface area (Å²) in [4.78, 5) is 2.41. The maximum Gasteiger partial charge on any atom is 0.137 e. The maximum atomic E-state index is 6.93. The van der Waals surface area contributed by atoms with Crippen molar-refractivity contribution in [2.75, 3.05) is 4.90 Å². The Morgan fingerprint density at radius 3 is 1.95 bits per heavy atom. The molecule has 2 nitrogen and oxygen atoms in total. The van der Waals surface area contributed by atoms with E-state index < -0.39 is 0 Å². The first-order valence-corrected chi connectivity index (χ1v) is 20.1. The molecule has 2 heterocycles. The Morgan fingerprint density at radius 2 is 1.02 bits per heavy atom. The van der Waals surface area contributed by atoms with E-state index in [1.54, 1.807) is 0 Å². The van der Waals surface area contributed by atoms with Crippen LogP contribution in [0.4, 0.5) is 17.1 Å². The molecule has 1 aromatic heterocycles. The van der Waals surface area contributed by atoms with Gasteiger partial charge in [-0.15, -0.1) is 11.3 Å². The van der Waals surface area contributed by atoms with Gasteiger partial charge in [-0.3, -0.25) is 0 Å². The highest BCUT2D eigenvalue weighted by atomic mass is 32.1. The van der Waals surface area contributed by atoms with Gasteiger partial charge in [-0.05, 0) is 104 Å². The zero-order chi connectivity index (χ0) is 37.1. The third-order valence-electron chi connectivity index (χ3n) is 12.3. The lowest BCUT2D eigenvalue weighted by atomic mass is 9.82. The number of anilines is 3. The van der Waals surface area contributed by atoms with Gasteiger partial charge in [0.05, 0.1) is 0 Å². The van der Waals surface area contributed by atoms with E-state index in [2.05, 4.69) is 195 Å². The van der Waals surface area contributed by atoms with E-state index in [-0.39, 0.29) is 5.41 Å². The number of rotatable bonds is 4. The molecule has 0 fully saturated rings. The Bertz CT molecular complexity index is 3270. The monoisotopic (exact) mass is 733 g/mol. The molecule has 10 aromatic rings. The summed E-state index contributed by atoms with van der Waals surface area (Å²) >= 11 is 1.86. The molecule has 12 rings (SSSR count). The fourth-order valence-electron chi connectivity index (χ4n) is 9.59. The molecule has 0 radical (unpaired) electrons. The van der Waals surface area contributed by atoms with Gasteiger partial charge in [0, 0.05) is 59.7 Å². The van der Waals surface area contributed by atoms with Gasteiger partial charge < -0.3 is 9.64 Å². The highest BCUT2D eigenvalue weighted by Crippen LogP contribution is 2.53. The van der Waals surface area contributed by atoms with Gasteiger partial charge in [0.25, 0.3) is 0 Å². The Morgan fingerprint density at radius 1 is 0.411 bits per heavy atom. The Balaban J connectivity index is 1.03. The topological polar surface area (TPSA) is 12.5 Å². The minimum Gasteiger partial charge on any atom is -0.456 e. The van der Waals surface area contributed by atoms with Crippen LogP contribution in [0.15, 0.2) is 176 Å². The lowest BCUT2D eigenvalue weighted by Crippen LogP contribution is -2.16. The van der Waals surface area contributed by atoms with Crippen molar-refractivity contribution in [2.24, 2.45) is 0 Å². The van der Waals surface area contributed by atoms with E-state index in [0.717, 1.165) is 39.5 Å². The van der Waals surface area contributed by atoms with Gasteiger partial charge >= 0.3 is 0 Å². The maximum absolute atomic E-state index is 6.93. The first-order valence-electron chi connectivity index (χ1n) is 19.3. The van der Waals surface area contributed by atoms with Crippen LogP contribution in [0.1, 0.15) is 25.0 Å². The average Bonchev–Trinajstić information content (AvgIpc) is 3.72. The molecule has 0 N–H and O–H groups in total. The molecule has 0 bridgehead atoms. The molecule has 264 valence electrons. The average molecular weight is 734 g/mol. The van der Waals surface area contributed by atoms with Gasteiger partial charge in [-0.25, -0.2) is 0 Å². The summed E-state index contributed by atoms with van der Waals surface area (Å²) in [6.07, 6.45) is 0. The molecule has 3 heteroatoms. The predicted molar refractivity (Wildman–Crippen MR) is 238 cm³/mol. The third kappa shape index (κ3) is 4.49. The highest BCUT2D eigenvalue weighted by molar-refractivity contribution is 7.25. The van der Waals surface area contributed by atoms with Gasteiger partial charge in [0.2, 0.25) is 0 Å². The molecular weight excluding hydrogens is 699 g/mol. The van der Waals surface area contributed by atoms with Crippen LogP contribution < -0.4 is 9.64 Å². The number of ether oxygens (including phenoxy) is 1. The molecule has 0 spiro atoms. The van der Waals surface area contributed by atoms with Crippen molar-refractivity contribution in [3.05, 3.63) is 187 Å². The number of benzene rings is 9. The minimum atomic E-state index is -0.116. The second-order valence-electron chi connectivity index (χ2n) is 15.7. The summed E-state index contributed by atoms with van der Waals surface area (Å²) in [7, 11) is 0. The fourth-order valence-corrected chi connectivity index (χ4v) is 10.7. The van der Waals surface area contributed by atoms with Crippen molar-refractivity contribution in [1.82, 2.24) is 0 Å². The number of hydrogen-bond donors (Lipinski definition) is 0. The molecule has 0 unspecified atom stereocenters. The smallest absolute Gasteiger partial charge is 0.137 e. The van der Waals surface area contributed by atoms with Gasteiger partial charge in [-0.1, -0.05) is 135 Å². The Labute approximate surface area is 329 Å². The first-order chi connectivity index (χ1) is 27.5. The van der Waals surface area contributed by atoms with Gasteiger partial charge in [0.1, 0.15) is 11.5 Å². The van der Waals surface area contributed by atoms with E-state index in [1.807, 2.05) is 11.3 Å². The van der Waals surface area contributed by atoms with Crippen LogP contribution in [0.25, 0.3) is 75.1 Å². The van der Waals surface area contributed by atoms with E-state index in [0.29, 0.717) is 0 Å². The van der Waals surface area contributed by atoms with Crippen molar-refractivity contribution < 1.29 is 4.74 Å². The molecule has 9 aromatic carbocycles. The first kappa shape index (κ1) is 31.6. The molecular formula is C53H35NOS. The van der Waals surface area contributed by atoms with E-state index in [1.165, 1.54) is 75.3 Å². The van der Waals surface area contributed by atoms with E-state index in [4.69, 9.17) is 4.74 Å². The third-order valence-corrected chi connectivity index (χ3v) is 13.4. The molecule has 0 saturated heterocycles. The molecule has 1 aliphatic carbocycles. The largest absolute Gasteiger partial charge is 0.456 e. The summed E-state index contributed by atoms with van der Waals surface area (Å²) in [6, 6.07) is 64.6. The quantitative estimate of drug-likeness (QED) is 0.179. The minimum absolute atomic E-state index is 0.116. The van der Waals surface area contributed by atoms with Crippen LogP contribution in [-0.4, -0.2) is 0 Å². The highest BCUT2D eigenvalue weighted by Gasteiger charge is 2.36. The zero-order valence-electron chi connectivity index (χ0n) is 31.0.